The van der Waals surface area contributed by atoms with Crippen molar-refractivity contribution in [2.45, 2.75) is 0 Å². The zero-order chi connectivity index (χ0) is 10.5. The maximum atomic E-state index is 5.44. The molecule has 0 fully saturated rings. The Balaban J connectivity index is 2.43. The minimum atomic E-state index is 0.553. The van der Waals surface area contributed by atoms with Gasteiger partial charge in [0.05, 0.1) is 5.69 Å². The lowest BCUT2D eigenvalue weighted by molar-refractivity contribution is 1.09. The maximum absolute atomic E-state index is 5.44. The number of aromatic amines is 1. The summed E-state index contributed by atoms with van der Waals surface area (Å²) in [6.45, 7) is 0.553. The Morgan fingerprint density at radius 1 is 1.27 bits per heavy atom. The van der Waals surface area contributed by atoms with E-state index < -0.39 is 0 Å². The molecule has 3 nitrogen and oxygen atoms in total. The van der Waals surface area contributed by atoms with Crippen LogP contribution in [-0.2, 0) is 0 Å². The van der Waals surface area contributed by atoms with Crippen LogP contribution in [0.1, 0.15) is 5.56 Å². The van der Waals surface area contributed by atoms with Crippen molar-refractivity contribution in [3.63, 3.8) is 0 Å². The minimum Gasteiger partial charge on any atom is -0.327 e. The average Bonchev–Trinajstić information content (AvgIpc) is 2.80. The number of aromatic nitrogens is 2. The Kier molecular flexibility index (Phi) is 2.95. The Bertz CT molecular complexity index is 444. The molecule has 76 valence electrons. The van der Waals surface area contributed by atoms with E-state index in [4.69, 9.17) is 5.73 Å². The van der Waals surface area contributed by atoms with Crippen LogP contribution in [-0.4, -0.2) is 16.7 Å². The number of hydrogen-bond acceptors (Lipinski definition) is 2. The molecule has 2 rings (SSSR count). The molecule has 0 atom stereocenters. The monoisotopic (exact) mass is 199 g/mol. The fourth-order valence-corrected chi connectivity index (χ4v) is 1.49. The standard InChI is InChI=1S/C12H13N3/c13-8-3-5-10-4-1-2-6-11(10)12-7-9-14-15-12/h1-7,9H,8,13H2,(H,14,15). The molecule has 0 amide bonds. The summed E-state index contributed by atoms with van der Waals surface area (Å²) in [5.41, 5.74) is 8.74. The fraction of sp³-hybridized carbons (Fsp3) is 0.0833. The second kappa shape index (κ2) is 4.57. The van der Waals surface area contributed by atoms with Gasteiger partial charge in [-0.05, 0) is 11.6 Å². The lowest BCUT2D eigenvalue weighted by atomic mass is 10.0. The highest BCUT2D eigenvalue weighted by molar-refractivity contribution is 5.72. The van der Waals surface area contributed by atoms with Gasteiger partial charge in [-0.1, -0.05) is 36.4 Å². The van der Waals surface area contributed by atoms with Crippen LogP contribution in [0.15, 0.2) is 42.6 Å². The Morgan fingerprint density at radius 2 is 2.13 bits per heavy atom. The molecule has 0 spiro atoms. The van der Waals surface area contributed by atoms with Gasteiger partial charge >= 0.3 is 0 Å². The van der Waals surface area contributed by atoms with E-state index in [9.17, 15) is 0 Å². The molecule has 0 unspecified atom stereocenters. The number of rotatable bonds is 3. The van der Waals surface area contributed by atoms with E-state index in [1.807, 2.05) is 30.4 Å². The van der Waals surface area contributed by atoms with E-state index in [0.717, 1.165) is 16.8 Å². The minimum absolute atomic E-state index is 0.553. The summed E-state index contributed by atoms with van der Waals surface area (Å²) < 4.78 is 0. The molecule has 0 saturated heterocycles. The Labute approximate surface area is 88.6 Å². The number of benzene rings is 1. The van der Waals surface area contributed by atoms with Gasteiger partial charge in [0, 0.05) is 18.3 Å². The van der Waals surface area contributed by atoms with E-state index in [0.29, 0.717) is 6.54 Å². The predicted octanol–water partition coefficient (Wildman–Crippen LogP) is 2.05. The van der Waals surface area contributed by atoms with Gasteiger partial charge in [-0.3, -0.25) is 5.10 Å². The number of nitrogens with zero attached hydrogens (tertiary/aromatic N) is 1. The van der Waals surface area contributed by atoms with Gasteiger partial charge in [-0.15, -0.1) is 0 Å². The van der Waals surface area contributed by atoms with Gasteiger partial charge in [-0.2, -0.15) is 5.10 Å². The molecule has 1 heterocycles. The first-order valence-electron chi connectivity index (χ1n) is 4.87. The van der Waals surface area contributed by atoms with Gasteiger partial charge in [0.1, 0.15) is 0 Å². The van der Waals surface area contributed by atoms with Crippen molar-refractivity contribution in [1.82, 2.24) is 10.2 Å². The van der Waals surface area contributed by atoms with Crippen LogP contribution in [0.3, 0.4) is 0 Å². The summed E-state index contributed by atoms with van der Waals surface area (Å²) in [5, 5.41) is 6.90. The molecule has 1 aromatic heterocycles. The number of nitrogens with two attached hydrogens (primary N) is 1. The SMILES string of the molecule is NCC=Cc1ccccc1-c1ccn[nH]1. The van der Waals surface area contributed by atoms with E-state index in [1.165, 1.54) is 0 Å². The molecule has 0 saturated carbocycles. The lowest BCUT2D eigenvalue weighted by Crippen LogP contribution is -1.92. The van der Waals surface area contributed by atoms with E-state index in [2.05, 4.69) is 22.3 Å². The first-order valence-corrected chi connectivity index (χ1v) is 4.87. The zero-order valence-electron chi connectivity index (χ0n) is 8.35. The van der Waals surface area contributed by atoms with Crippen LogP contribution in [0.25, 0.3) is 17.3 Å². The molecule has 0 bridgehead atoms. The first kappa shape index (κ1) is 9.68. The van der Waals surface area contributed by atoms with Gasteiger partial charge in [0.25, 0.3) is 0 Å². The highest BCUT2D eigenvalue weighted by atomic mass is 15.1. The van der Waals surface area contributed by atoms with E-state index in [-0.39, 0.29) is 0 Å². The Hall–Kier alpha value is -1.87. The van der Waals surface area contributed by atoms with Crippen molar-refractivity contribution in [1.29, 1.82) is 0 Å². The van der Waals surface area contributed by atoms with Gasteiger partial charge in [-0.25, -0.2) is 0 Å². The smallest absolute Gasteiger partial charge is 0.0656 e. The number of nitrogens with one attached hydrogen (secondary N) is 1. The Morgan fingerprint density at radius 3 is 2.87 bits per heavy atom. The van der Waals surface area contributed by atoms with Gasteiger partial charge < -0.3 is 5.73 Å². The van der Waals surface area contributed by atoms with Crippen molar-refractivity contribution in [2.75, 3.05) is 6.54 Å². The summed E-state index contributed by atoms with van der Waals surface area (Å²) in [5.74, 6) is 0. The van der Waals surface area contributed by atoms with Gasteiger partial charge in [0.15, 0.2) is 0 Å². The molecule has 0 radical (unpaired) electrons. The molecular formula is C12H13N3. The summed E-state index contributed by atoms with van der Waals surface area (Å²) in [6.07, 6.45) is 5.71. The number of H-pyrrole nitrogens is 1. The third kappa shape index (κ3) is 2.14. The van der Waals surface area contributed by atoms with Crippen molar-refractivity contribution < 1.29 is 0 Å². The van der Waals surface area contributed by atoms with Gasteiger partial charge in [0.2, 0.25) is 0 Å². The third-order valence-corrected chi connectivity index (χ3v) is 2.19. The van der Waals surface area contributed by atoms with Crippen LogP contribution < -0.4 is 5.73 Å². The second-order valence-corrected chi connectivity index (χ2v) is 3.20. The normalized spacial score (nSPS) is 11.0. The molecule has 2 aromatic rings. The molecule has 0 aliphatic carbocycles. The van der Waals surface area contributed by atoms with Crippen LogP contribution >= 0.6 is 0 Å². The fourth-order valence-electron chi connectivity index (χ4n) is 1.49. The summed E-state index contributed by atoms with van der Waals surface area (Å²) >= 11 is 0. The van der Waals surface area contributed by atoms with Crippen molar-refractivity contribution in [3.05, 3.63) is 48.2 Å². The second-order valence-electron chi connectivity index (χ2n) is 3.20. The van der Waals surface area contributed by atoms with Crippen LogP contribution in [0.5, 0.6) is 0 Å². The van der Waals surface area contributed by atoms with E-state index >= 15 is 0 Å². The van der Waals surface area contributed by atoms with Crippen molar-refractivity contribution in [2.24, 2.45) is 5.73 Å². The first-order chi connectivity index (χ1) is 7.42. The highest BCUT2D eigenvalue weighted by Gasteiger charge is 2.01. The number of hydrogen-bond donors (Lipinski definition) is 2. The molecular weight excluding hydrogens is 186 g/mol. The highest BCUT2D eigenvalue weighted by Crippen LogP contribution is 2.21. The third-order valence-electron chi connectivity index (χ3n) is 2.19. The van der Waals surface area contributed by atoms with Crippen molar-refractivity contribution in [3.8, 4) is 11.3 Å². The topological polar surface area (TPSA) is 54.7 Å². The van der Waals surface area contributed by atoms with Crippen LogP contribution in [0, 0.1) is 0 Å². The average molecular weight is 199 g/mol. The summed E-state index contributed by atoms with van der Waals surface area (Å²) in [7, 11) is 0. The van der Waals surface area contributed by atoms with Crippen LogP contribution in [0.2, 0.25) is 0 Å². The maximum Gasteiger partial charge on any atom is 0.0656 e. The summed E-state index contributed by atoms with van der Waals surface area (Å²) in [4.78, 5) is 0. The molecule has 15 heavy (non-hydrogen) atoms. The molecule has 3 heteroatoms. The summed E-state index contributed by atoms with van der Waals surface area (Å²) in [6, 6.07) is 10.1. The van der Waals surface area contributed by atoms with Crippen LogP contribution in [0.4, 0.5) is 0 Å². The molecule has 0 aliphatic heterocycles. The molecule has 0 aliphatic rings. The quantitative estimate of drug-likeness (QED) is 0.794. The molecule has 1 aromatic carbocycles. The largest absolute Gasteiger partial charge is 0.327 e. The lowest BCUT2D eigenvalue weighted by Gasteiger charge is -2.02. The van der Waals surface area contributed by atoms with Crippen molar-refractivity contribution >= 4 is 6.08 Å². The zero-order valence-corrected chi connectivity index (χ0v) is 8.35. The molecule has 3 N–H and O–H groups in total. The van der Waals surface area contributed by atoms with E-state index in [1.54, 1.807) is 6.20 Å². The predicted molar refractivity (Wildman–Crippen MR) is 62.1 cm³/mol.